The minimum absolute atomic E-state index is 0.172. The van der Waals surface area contributed by atoms with Gasteiger partial charge in [-0.15, -0.1) is 0 Å². The number of aryl methyl sites for hydroxylation is 1. The van der Waals surface area contributed by atoms with Crippen LogP contribution in [0.25, 0.3) is 10.9 Å². The van der Waals surface area contributed by atoms with Crippen LogP contribution in [0.3, 0.4) is 0 Å². The normalized spacial score (nSPS) is 20.9. The summed E-state index contributed by atoms with van der Waals surface area (Å²) in [6.45, 7) is 7.61. The Morgan fingerprint density at radius 2 is 2.09 bits per heavy atom. The maximum absolute atomic E-state index is 14.1. The van der Waals surface area contributed by atoms with Crippen LogP contribution in [-0.2, 0) is 10.8 Å². The van der Waals surface area contributed by atoms with E-state index in [1.54, 1.807) is 6.07 Å². The maximum atomic E-state index is 14.1. The van der Waals surface area contributed by atoms with Crippen LogP contribution in [0.1, 0.15) is 32.4 Å². The van der Waals surface area contributed by atoms with Gasteiger partial charge >= 0.3 is 0 Å². The summed E-state index contributed by atoms with van der Waals surface area (Å²) in [5.41, 5.74) is 2.24. The first kappa shape index (κ1) is 16.4. The lowest BCUT2D eigenvalue weighted by Gasteiger charge is -2.42. The molecule has 0 radical (unpaired) electrons. The summed E-state index contributed by atoms with van der Waals surface area (Å²) in [6.07, 6.45) is 1.78. The molecular weight excluding hydrogens is 311 g/mol. The van der Waals surface area contributed by atoms with E-state index in [4.69, 9.17) is 0 Å². The number of para-hydroxylation sites is 1. The molecule has 1 aliphatic rings. The van der Waals surface area contributed by atoms with Crippen molar-refractivity contribution in [1.29, 1.82) is 0 Å². The molecule has 3 rings (SSSR count). The summed E-state index contributed by atoms with van der Waals surface area (Å²) < 4.78 is 26.5. The Bertz CT molecular complexity index is 758. The number of benzene rings is 1. The van der Waals surface area contributed by atoms with Crippen LogP contribution in [0.2, 0.25) is 0 Å². The fourth-order valence-electron chi connectivity index (χ4n) is 3.49. The van der Waals surface area contributed by atoms with Crippen LogP contribution in [0, 0.1) is 12.7 Å². The van der Waals surface area contributed by atoms with Crippen molar-refractivity contribution in [2.75, 3.05) is 23.7 Å². The van der Waals surface area contributed by atoms with Crippen LogP contribution in [0.15, 0.2) is 24.3 Å². The molecule has 1 aromatic heterocycles. The largest absolute Gasteiger partial charge is 0.369 e. The van der Waals surface area contributed by atoms with E-state index < -0.39 is 10.8 Å². The summed E-state index contributed by atoms with van der Waals surface area (Å²) >= 11 is 0. The first-order valence-corrected chi connectivity index (χ1v) is 9.52. The van der Waals surface area contributed by atoms with Crippen molar-refractivity contribution in [3.8, 4) is 0 Å². The van der Waals surface area contributed by atoms with E-state index in [1.165, 1.54) is 6.07 Å². The molecule has 0 saturated carbocycles. The summed E-state index contributed by atoms with van der Waals surface area (Å²) in [6, 6.07) is 7.12. The summed E-state index contributed by atoms with van der Waals surface area (Å²) in [5.74, 6) is 0.380. The van der Waals surface area contributed by atoms with Crippen molar-refractivity contribution in [2.45, 2.75) is 38.4 Å². The van der Waals surface area contributed by atoms with Gasteiger partial charge in [-0.25, -0.2) is 9.37 Å². The van der Waals surface area contributed by atoms with Crippen molar-refractivity contribution in [1.82, 2.24) is 4.98 Å². The Morgan fingerprint density at radius 1 is 1.35 bits per heavy atom. The zero-order valence-corrected chi connectivity index (χ0v) is 14.8. The van der Waals surface area contributed by atoms with Gasteiger partial charge in [-0.2, -0.15) is 0 Å². The molecule has 23 heavy (non-hydrogen) atoms. The minimum Gasteiger partial charge on any atom is -0.369 e. The minimum atomic E-state index is -0.806. The number of fused-ring (bicyclic) bond motifs is 1. The highest BCUT2D eigenvalue weighted by atomic mass is 32.2. The molecule has 1 aromatic carbocycles. The van der Waals surface area contributed by atoms with Gasteiger partial charge in [0.25, 0.3) is 0 Å². The molecule has 1 saturated heterocycles. The molecule has 124 valence electrons. The second-order valence-corrected chi connectivity index (χ2v) is 8.25. The Balaban J connectivity index is 2.10. The number of rotatable bonds is 3. The third kappa shape index (κ3) is 2.75. The Hall–Kier alpha value is -1.49. The molecule has 0 amide bonds. The molecule has 1 aliphatic heterocycles. The molecule has 3 nitrogen and oxygen atoms in total. The van der Waals surface area contributed by atoms with Crippen LogP contribution in [0.4, 0.5) is 10.1 Å². The summed E-state index contributed by atoms with van der Waals surface area (Å²) in [4.78, 5) is 6.63. The molecule has 0 spiro atoms. The third-order valence-corrected chi connectivity index (χ3v) is 7.26. The number of halogens is 1. The first-order valence-electron chi connectivity index (χ1n) is 8.20. The molecule has 0 aliphatic carbocycles. The maximum Gasteiger partial charge on any atom is 0.149 e. The lowest BCUT2D eigenvalue weighted by molar-refractivity contribution is 0.496. The van der Waals surface area contributed by atoms with Crippen molar-refractivity contribution >= 4 is 27.4 Å². The first-order chi connectivity index (χ1) is 11.0. The monoisotopic (exact) mass is 334 g/mol. The molecule has 0 bridgehead atoms. The Kier molecular flexibility index (Phi) is 4.41. The van der Waals surface area contributed by atoms with E-state index >= 15 is 0 Å². The van der Waals surface area contributed by atoms with Crippen LogP contribution in [-0.4, -0.2) is 32.8 Å². The van der Waals surface area contributed by atoms with E-state index in [9.17, 15) is 8.60 Å². The van der Waals surface area contributed by atoms with Gasteiger partial charge in [0, 0.05) is 46.4 Å². The number of hydrogen-bond acceptors (Lipinski definition) is 3. The standard InChI is InChI=1S/C18H23FN2OS/c1-4-18(5-2)12-21(9-10-23(18)22)16-11-13(3)20-17-14(16)7-6-8-15(17)19/h6-8,11H,4-5,9-10,12H2,1-3H3. The highest BCUT2D eigenvalue weighted by Crippen LogP contribution is 2.35. The second kappa shape index (κ2) is 6.19. The molecule has 1 atom stereocenters. The van der Waals surface area contributed by atoms with E-state index in [-0.39, 0.29) is 10.6 Å². The van der Waals surface area contributed by atoms with E-state index in [0.29, 0.717) is 11.3 Å². The van der Waals surface area contributed by atoms with E-state index in [1.807, 2.05) is 19.1 Å². The van der Waals surface area contributed by atoms with Crippen LogP contribution >= 0.6 is 0 Å². The van der Waals surface area contributed by atoms with Gasteiger partial charge in [0.1, 0.15) is 11.3 Å². The second-order valence-electron chi connectivity index (χ2n) is 6.28. The molecule has 5 heteroatoms. The van der Waals surface area contributed by atoms with E-state index in [0.717, 1.165) is 42.7 Å². The zero-order valence-electron chi connectivity index (χ0n) is 13.9. The smallest absolute Gasteiger partial charge is 0.149 e. The molecule has 2 aromatic rings. The fraction of sp³-hybridized carbons (Fsp3) is 0.500. The van der Waals surface area contributed by atoms with E-state index in [2.05, 4.69) is 23.7 Å². The number of nitrogens with zero attached hydrogens (tertiary/aromatic N) is 2. The highest BCUT2D eigenvalue weighted by Gasteiger charge is 2.39. The summed E-state index contributed by atoms with van der Waals surface area (Å²) in [7, 11) is -0.806. The quantitative estimate of drug-likeness (QED) is 0.856. The number of anilines is 1. The van der Waals surface area contributed by atoms with Crippen LogP contribution in [0.5, 0.6) is 0 Å². The SMILES string of the molecule is CCC1(CC)CN(c2cc(C)nc3c(F)cccc23)CCS1=O. The summed E-state index contributed by atoms with van der Waals surface area (Å²) in [5, 5.41) is 0.837. The topological polar surface area (TPSA) is 33.2 Å². The average Bonchev–Trinajstić information content (AvgIpc) is 2.56. The lowest BCUT2D eigenvalue weighted by atomic mass is 10.00. The van der Waals surface area contributed by atoms with Gasteiger partial charge < -0.3 is 4.90 Å². The van der Waals surface area contributed by atoms with Gasteiger partial charge in [0.2, 0.25) is 0 Å². The highest BCUT2D eigenvalue weighted by molar-refractivity contribution is 7.86. The molecular formula is C18H23FN2OS. The van der Waals surface area contributed by atoms with Crippen LogP contribution < -0.4 is 4.90 Å². The van der Waals surface area contributed by atoms with Gasteiger partial charge in [-0.3, -0.25) is 4.21 Å². The number of pyridine rings is 1. The predicted molar refractivity (Wildman–Crippen MR) is 95.0 cm³/mol. The Morgan fingerprint density at radius 3 is 2.78 bits per heavy atom. The van der Waals surface area contributed by atoms with Crippen molar-refractivity contribution in [3.05, 3.63) is 35.8 Å². The van der Waals surface area contributed by atoms with Gasteiger partial charge in [0.15, 0.2) is 0 Å². The average molecular weight is 334 g/mol. The molecule has 2 heterocycles. The van der Waals surface area contributed by atoms with Gasteiger partial charge in [-0.05, 0) is 31.9 Å². The number of aromatic nitrogens is 1. The van der Waals surface area contributed by atoms with Gasteiger partial charge in [0.05, 0.1) is 4.75 Å². The fourth-order valence-corrected chi connectivity index (χ4v) is 5.25. The lowest BCUT2D eigenvalue weighted by Crippen LogP contribution is -2.53. The molecule has 1 fully saturated rings. The molecule has 1 unspecified atom stereocenters. The van der Waals surface area contributed by atoms with Crippen molar-refractivity contribution in [3.63, 3.8) is 0 Å². The van der Waals surface area contributed by atoms with Crippen molar-refractivity contribution < 1.29 is 8.60 Å². The Labute approximate surface area is 139 Å². The number of hydrogen-bond donors (Lipinski definition) is 0. The third-order valence-electron chi connectivity index (χ3n) is 5.03. The molecule has 0 N–H and O–H groups in total. The predicted octanol–water partition coefficient (Wildman–Crippen LogP) is 3.81. The van der Waals surface area contributed by atoms with Crippen molar-refractivity contribution in [2.24, 2.45) is 0 Å². The van der Waals surface area contributed by atoms with Gasteiger partial charge in [-0.1, -0.05) is 26.0 Å². The zero-order chi connectivity index (χ0) is 16.6.